The van der Waals surface area contributed by atoms with Crippen LogP contribution in [0.4, 0.5) is 17.5 Å². The maximum absolute atomic E-state index is 6.14. The van der Waals surface area contributed by atoms with Crippen molar-refractivity contribution in [3.8, 4) is 0 Å². The predicted octanol–water partition coefficient (Wildman–Crippen LogP) is 2.41. The Bertz CT molecular complexity index is 627. The van der Waals surface area contributed by atoms with Gasteiger partial charge in [-0.25, -0.2) is 0 Å². The molecule has 0 saturated carbocycles. The number of rotatable bonds is 4. The van der Waals surface area contributed by atoms with Crippen LogP contribution < -0.4 is 10.2 Å². The monoisotopic (exact) mass is 318 g/mol. The number of halogens is 1. The highest BCUT2D eigenvalue weighted by Gasteiger charge is 2.17. The van der Waals surface area contributed by atoms with Crippen molar-refractivity contribution in [2.24, 2.45) is 0 Å². The number of hydrogen-bond acceptors (Lipinski definition) is 6. The number of nitrogens with one attached hydrogen (secondary N) is 1. The number of anilines is 3. The zero-order chi connectivity index (χ0) is 15.4. The normalized spacial score (nSPS) is 15.8. The van der Waals surface area contributed by atoms with Gasteiger partial charge in [0, 0.05) is 26.2 Å². The van der Waals surface area contributed by atoms with Gasteiger partial charge in [0.2, 0.25) is 5.95 Å². The molecule has 116 valence electrons. The first kappa shape index (κ1) is 15.0. The van der Waals surface area contributed by atoms with Crippen LogP contribution in [0, 0.1) is 0 Å². The molecule has 2 heterocycles. The molecule has 6 nitrogen and oxygen atoms in total. The summed E-state index contributed by atoms with van der Waals surface area (Å²) in [5.41, 5.74) is 0.777. The Morgan fingerprint density at radius 1 is 1.18 bits per heavy atom. The SMILES string of the molecule is CCN1CCN(c2cnnc(Nc3ccccc3Cl)n2)CC1. The second kappa shape index (κ2) is 6.89. The summed E-state index contributed by atoms with van der Waals surface area (Å²) in [6, 6.07) is 7.51. The van der Waals surface area contributed by atoms with Crippen molar-refractivity contribution in [2.45, 2.75) is 6.92 Å². The second-order valence-corrected chi connectivity index (χ2v) is 5.57. The average Bonchev–Trinajstić information content (AvgIpc) is 2.57. The van der Waals surface area contributed by atoms with Crippen LogP contribution in [-0.4, -0.2) is 52.8 Å². The van der Waals surface area contributed by atoms with E-state index in [2.05, 4.69) is 37.2 Å². The second-order valence-electron chi connectivity index (χ2n) is 5.16. The van der Waals surface area contributed by atoms with Gasteiger partial charge in [0.25, 0.3) is 0 Å². The molecule has 0 spiro atoms. The minimum atomic E-state index is 0.462. The third-order valence-corrected chi connectivity index (χ3v) is 4.14. The molecule has 1 aliphatic heterocycles. The van der Waals surface area contributed by atoms with Crippen LogP contribution in [0.2, 0.25) is 5.02 Å². The van der Waals surface area contributed by atoms with Gasteiger partial charge in [-0.3, -0.25) is 0 Å². The molecule has 1 N–H and O–H groups in total. The number of aromatic nitrogens is 3. The molecule has 22 heavy (non-hydrogen) atoms. The topological polar surface area (TPSA) is 57.2 Å². The van der Waals surface area contributed by atoms with Crippen molar-refractivity contribution in [1.29, 1.82) is 0 Å². The molecule has 3 rings (SSSR count). The quantitative estimate of drug-likeness (QED) is 0.934. The lowest BCUT2D eigenvalue weighted by Crippen LogP contribution is -2.46. The van der Waals surface area contributed by atoms with E-state index in [1.807, 2.05) is 24.3 Å². The Morgan fingerprint density at radius 2 is 1.95 bits per heavy atom. The van der Waals surface area contributed by atoms with Gasteiger partial charge in [-0.15, -0.1) is 5.10 Å². The van der Waals surface area contributed by atoms with Crippen LogP contribution in [0.25, 0.3) is 0 Å². The van der Waals surface area contributed by atoms with Gasteiger partial charge in [-0.2, -0.15) is 10.1 Å². The number of benzene rings is 1. The summed E-state index contributed by atoms with van der Waals surface area (Å²) < 4.78 is 0. The molecule has 0 radical (unpaired) electrons. The summed E-state index contributed by atoms with van der Waals surface area (Å²) in [6.45, 7) is 7.29. The highest BCUT2D eigenvalue weighted by molar-refractivity contribution is 6.33. The third kappa shape index (κ3) is 3.45. The lowest BCUT2D eigenvalue weighted by Gasteiger charge is -2.34. The summed E-state index contributed by atoms with van der Waals surface area (Å²) in [5, 5.41) is 11.8. The standard InChI is InChI=1S/C15H19ClN6/c1-2-21-7-9-22(10-8-21)14-11-17-20-15(19-14)18-13-6-4-3-5-12(13)16/h3-6,11H,2,7-10H2,1H3,(H,18,19,20). The van der Waals surface area contributed by atoms with E-state index in [-0.39, 0.29) is 0 Å². The van der Waals surface area contributed by atoms with Gasteiger partial charge < -0.3 is 15.1 Å². The lowest BCUT2D eigenvalue weighted by atomic mass is 10.3. The zero-order valence-electron chi connectivity index (χ0n) is 12.5. The van der Waals surface area contributed by atoms with E-state index >= 15 is 0 Å². The van der Waals surface area contributed by atoms with Gasteiger partial charge in [-0.1, -0.05) is 30.7 Å². The van der Waals surface area contributed by atoms with E-state index in [0.717, 1.165) is 44.2 Å². The minimum absolute atomic E-state index is 0.462. The van der Waals surface area contributed by atoms with Gasteiger partial charge in [0.15, 0.2) is 5.82 Å². The Labute approximate surface area is 135 Å². The number of hydrogen-bond donors (Lipinski definition) is 1. The van der Waals surface area contributed by atoms with Crippen LogP contribution in [0.15, 0.2) is 30.5 Å². The van der Waals surface area contributed by atoms with Crippen molar-refractivity contribution >= 4 is 29.1 Å². The largest absolute Gasteiger partial charge is 0.353 e. The van der Waals surface area contributed by atoms with Gasteiger partial charge >= 0.3 is 0 Å². The van der Waals surface area contributed by atoms with Crippen LogP contribution in [0.3, 0.4) is 0 Å². The number of piperazine rings is 1. The van der Waals surface area contributed by atoms with E-state index in [1.54, 1.807) is 6.20 Å². The van der Waals surface area contributed by atoms with Crippen molar-refractivity contribution in [3.05, 3.63) is 35.5 Å². The number of nitrogens with zero attached hydrogens (tertiary/aromatic N) is 5. The van der Waals surface area contributed by atoms with E-state index in [1.165, 1.54) is 0 Å². The molecule has 1 aromatic carbocycles. The summed E-state index contributed by atoms with van der Waals surface area (Å²) in [4.78, 5) is 9.21. The predicted molar refractivity (Wildman–Crippen MR) is 88.9 cm³/mol. The van der Waals surface area contributed by atoms with Crippen LogP contribution in [0.5, 0.6) is 0 Å². The van der Waals surface area contributed by atoms with Gasteiger partial charge in [0.05, 0.1) is 16.9 Å². The van der Waals surface area contributed by atoms with Crippen molar-refractivity contribution in [2.75, 3.05) is 42.9 Å². The molecule has 0 aliphatic carbocycles. The molecule has 0 unspecified atom stereocenters. The van der Waals surface area contributed by atoms with Crippen LogP contribution in [0.1, 0.15) is 6.92 Å². The fraction of sp³-hybridized carbons (Fsp3) is 0.400. The molecule has 1 aromatic heterocycles. The molecule has 1 saturated heterocycles. The van der Waals surface area contributed by atoms with Gasteiger partial charge in [0.1, 0.15) is 0 Å². The molecule has 1 fully saturated rings. The maximum Gasteiger partial charge on any atom is 0.249 e. The number of likely N-dealkylation sites (N-methyl/N-ethyl adjacent to an activating group) is 1. The Balaban J connectivity index is 1.72. The van der Waals surface area contributed by atoms with Crippen LogP contribution in [-0.2, 0) is 0 Å². The fourth-order valence-electron chi connectivity index (χ4n) is 2.48. The third-order valence-electron chi connectivity index (χ3n) is 3.81. The molecule has 0 atom stereocenters. The zero-order valence-corrected chi connectivity index (χ0v) is 13.3. The Kier molecular flexibility index (Phi) is 4.70. The lowest BCUT2D eigenvalue weighted by molar-refractivity contribution is 0.270. The molecular weight excluding hydrogens is 300 g/mol. The molecular formula is C15H19ClN6. The van der Waals surface area contributed by atoms with E-state index < -0.39 is 0 Å². The summed E-state index contributed by atoms with van der Waals surface area (Å²) >= 11 is 6.14. The van der Waals surface area contributed by atoms with Crippen molar-refractivity contribution in [3.63, 3.8) is 0 Å². The molecule has 0 amide bonds. The van der Waals surface area contributed by atoms with Crippen molar-refractivity contribution in [1.82, 2.24) is 20.1 Å². The molecule has 0 bridgehead atoms. The van der Waals surface area contributed by atoms with E-state index in [9.17, 15) is 0 Å². The Hall–Kier alpha value is -1.92. The van der Waals surface area contributed by atoms with Gasteiger partial charge in [-0.05, 0) is 18.7 Å². The molecule has 1 aliphatic rings. The number of para-hydroxylation sites is 1. The van der Waals surface area contributed by atoms with E-state index in [4.69, 9.17) is 11.6 Å². The minimum Gasteiger partial charge on any atom is -0.353 e. The van der Waals surface area contributed by atoms with Crippen LogP contribution >= 0.6 is 11.6 Å². The summed E-state index contributed by atoms with van der Waals surface area (Å²) in [5.74, 6) is 1.31. The van der Waals surface area contributed by atoms with E-state index in [0.29, 0.717) is 11.0 Å². The summed E-state index contributed by atoms with van der Waals surface area (Å²) in [6.07, 6.45) is 1.71. The fourth-order valence-corrected chi connectivity index (χ4v) is 2.66. The molecule has 7 heteroatoms. The first-order valence-corrected chi connectivity index (χ1v) is 7.82. The smallest absolute Gasteiger partial charge is 0.249 e. The maximum atomic E-state index is 6.14. The average molecular weight is 319 g/mol. The first-order valence-electron chi connectivity index (χ1n) is 7.45. The first-order chi connectivity index (χ1) is 10.8. The highest BCUT2D eigenvalue weighted by atomic mass is 35.5. The Morgan fingerprint density at radius 3 is 2.68 bits per heavy atom. The highest BCUT2D eigenvalue weighted by Crippen LogP contribution is 2.23. The summed E-state index contributed by atoms with van der Waals surface area (Å²) in [7, 11) is 0. The van der Waals surface area contributed by atoms with Crippen molar-refractivity contribution < 1.29 is 0 Å². The molecule has 2 aromatic rings.